The second-order valence-electron chi connectivity index (χ2n) is 5.04. The molecule has 0 aliphatic carbocycles. The van der Waals surface area contributed by atoms with Crippen molar-refractivity contribution < 1.29 is 4.74 Å². The fourth-order valence-electron chi connectivity index (χ4n) is 2.44. The molecule has 4 heteroatoms. The summed E-state index contributed by atoms with van der Waals surface area (Å²) in [5, 5.41) is 3.48. The zero-order valence-corrected chi connectivity index (χ0v) is 11.0. The number of fused-ring (bicyclic) bond motifs is 1. The average Bonchev–Trinajstić information content (AvgIpc) is 2.48. The molecule has 0 saturated carbocycles. The molecule has 0 bridgehead atoms. The first-order chi connectivity index (χ1) is 9.42. The number of benzene rings is 1. The summed E-state index contributed by atoms with van der Waals surface area (Å²) in [6.45, 7) is 3.64. The monoisotopic (exact) mass is 257 g/mol. The Hall–Kier alpha value is -1.52. The predicted octanol–water partition coefficient (Wildman–Crippen LogP) is 2.15. The van der Waals surface area contributed by atoms with E-state index < -0.39 is 0 Å². The fraction of sp³-hybridized carbons (Fsp3) is 0.467. The third-order valence-corrected chi connectivity index (χ3v) is 3.58. The van der Waals surface area contributed by atoms with Gasteiger partial charge in [0, 0.05) is 19.8 Å². The summed E-state index contributed by atoms with van der Waals surface area (Å²) in [6, 6.07) is 7.97. The minimum atomic E-state index is 0.738. The summed E-state index contributed by atoms with van der Waals surface area (Å²) in [4.78, 5) is 9.03. The molecule has 1 aliphatic heterocycles. The van der Waals surface area contributed by atoms with Crippen molar-refractivity contribution in [3.63, 3.8) is 0 Å². The number of hydrogen-bond donors (Lipinski definition) is 1. The fourth-order valence-corrected chi connectivity index (χ4v) is 2.44. The molecule has 1 aliphatic rings. The van der Waals surface area contributed by atoms with E-state index in [0.29, 0.717) is 0 Å². The number of nitrogens with one attached hydrogen (secondary N) is 1. The molecule has 3 rings (SSSR count). The lowest BCUT2D eigenvalue weighted by atomic mass is 10.0. The number of rotatable bonds is 4. The van der Waals surface area contributed by atoms with E-state index in [1.54, 1.807) is 0 Å². The van der Waals surface area contributed by atoms with Crippen molar-refractivity contribution in [1.29, 1.82) is 0 Å². The van der Waals surface area contributed by atoms with Crippen LogP contribution in [0, 0.1) is 5.92 Å². The SMILES string of the molecule is c1ccc2nc(CNCC3CCOCC3)cnc2c1. The largest absolute Gasteiger partial charge is 0.381 e. The molecule has 4 nitrogen and oxygen atoms in total. The maximum absolute atomic E-state index is 5.36. The first-order valence-corrected chi connectivity index (χ1v) is 6.91. The quantitative estimate of drug-likeness (QED) is 0.911. The smallest absolute Gasteiger partial charge is 0.0890 e. The van der Waals surface area contributed by atoms with Gasteiger partial charge in [0.25, 0.3) is 0 Å². The van der Waals surface area contributed by atoms with Crippen LogP contribution in [0.1, 0.15) is 18.5 Å². The molecule has 100 valence electrons. The molecule has 2 heterocycles. The van der Waals surface area contributed by atoms with Gasteiger partial charge >= 0.3 is 0 Å². The standard InChI is InChI=1S/C15H19N3O/c1-2-4-15-14(3-1)17-11-13(18-15)10-16-9-12-5-7-19-8-6-12/h1-4,11-12,16H,5-10H2. The molecule has 1 fully saturated rings. The first kappa shape index (κ1) is 12.5. The summed E-state index contributed by atoms with van der Waals surface area (Å²) in [5.41, 5.74) is 2.93. The molecule has 1 N–H and O–H groups in total. The Morgan fingerprint density at radius 3 is 2.79 bits per heavy atom. The zero-order valence-electron chi connectivity index (χ0n) is 11.0. The molecule has 2 aromatic rings. The van der Waals surface area contributed by atoms with Crippen LogP contribution in [0.3, 0.4) is 0 Å². The maximum atomic E-state index is 5.36. The van der Waals surface area contributed by atoms with E-state index in [0.717, 1.165) is 61.8 Å². The van der Waals surface area contributed by atoms with E-state index in [1.165, 1.54) is 0 Å². The zero-order chi connectivity index (χ0) is 12.9. The van der Waals surface area contributed by atoms with Gasteiger partial charge in [0.1, 0.15) is 0 Å². The number of hydrogen-bond acceptors (Lipinski definition) is 4. The lowest BCUT2D eigenvalue weighted by Gasteiger charge is -2.22. The van der Waals surface area contributed by atoms with Gasteiger partial charge in [-0.3, -0.25) is 4.98 Å². The molecule has 0 radical (unpaired) electrons. The van der Waals surface area contributed by atoms with Gasteiger partial charge in [-0.05, 0) is 37.4 Å². The lowest BCUT2D eigenvalue weighted by Crippen LogP contribution is -2.27. The van der Waals surface area contributed by atoms with Gasteiger partial charge in [0.15, 0.2) is 0 Å². The van der Waals surface area contributed by atoms with Crippen LogP contribution < -0.4 is 5.32 Å². The Morgan fingerprint density at radius 2 is 1.95 bits per heavy atom. The van der Waals surface area contributed by atoms with Gasteiger partial charge in [0.2, 0.25) is 0 Å². The second kappa shape index (κ2) is 6.08. The minimum Gasteiger partial charge on any atom is -0.381 e. The van der Waals surface area contributed by atoms with Crippen molar-refractivity contribution in [2.75, 3.05) is 19.8 Å². The summed E-state index contributed by atoms with van der Waals surface area (Å²) < 4.78 is 5.36. The molecular formula is C15H19N3O. The summed E-state index contributed by atoms with van der Waals surface area (Å²) in [7, 11) is 0. The van der Waals surface area contributed by atoms with E-state index in [1.807, 2.05) is 30.5 Å². The van der Waals surface area contributed by atoms with Crippen molar-refractivity contribution in [2.24, 2.45) is 5.92 Å². The second-order valence-corrected chi connectivity index (χ2v) is 5.04. The molecule has 19 heavy (non-hydrogen) atoms. The predicted molar refractivity (Wildman–Crippen MR) is 74.8 cm³/mol. The minimum absolute atomic E-state index is 0.738. The Bertz CT molecular complexity index is 538. The topological polar surface area (TPSA) is 47.0 Å². The number of nitrogens with zero attached hydrogens (tertiary/aromatic N) is 2. The van der Waals surface area contributed by atoms with E-state index >= 15 is 0 Å². The molecule has 0 atom stereocenters. The van der Waals surface area contributed by atoms with Crippen molar-refractivity contribution in [1.82, 2.24) is 15.3 Å². The normalized spacial score (nSPS) is 16.8. The highest BCUT2D eigenvalue weighted by Crippen LogP contribution is 2.13. The van der Waals surface area contributed by atoms with Crippen molar-refractivity contribution in [3.8, 4) is 0 Å². The Morgan fingerprint density at radius 1 is 1.16 bits per heavy atom. The number of aromatic nitrogens is 2. The number of para-hydroxylation sites is 2. The van der Waals surface area contributed by atoms with Gasteiger partial charge < -0.3 is 10.1 Å². The van der Waals surface area contributed by atoms with Crippen molar-refractivity contribution in [3.05, 3.63) is 36.2 Å². The molecule has 0 spiro atoms. The molecule has 0 amide bonds. The van der Waals surface area contributed by atoms with Crippen LogP contribution in [0.15, 0.2) is 30.5 Å². The number of ether oxygens (including phenoxy) is 1. The first-order valence-electron chi connectivity index (χ1n) is 6.91. The Labute approximate surface area is 113 Å². The van der Waals surface area contributed by atoms with Crippen molar-refractivity contribution >= 4 is 11.0 Å². The van der Waals surface area contributed by atoms with Gasteiger partial charge in [-0.1, -0.05) is 12.1 Å². The molecule has 1 aromatic heterocycles. The van der Waals surface area contributed by atoms with E-state index in [4.69, 9.17) is 4.74 Å². The van der Waals surface area contributed by atoms with E-state index in [9.17, 15) is 0 Å². The van der Waals surface area contributed by atoms with Gasteiger partial charge in [-0.15, -0.1) is 0 Å². The lowest BCUT2D eigenvalue weighted by molar-refractivity contribution is 0.0662. The molecule has 0 unspecified atom stereocenters. The van der Waals surface area contributed by atoms with Crippen LogP contribution in [0.5, 0.6) is 0 Å². The average molecular weight is 257 g/mol. The van der Waals surface area contributed by atoms with Gasteiger partial charge in [-0.25, -0.2) is 4.98 Å². The molecular weight excluding hydrogens is 238 g/mol. The maximum Gasteiger partial charge on any atom is 0.0890 e. The highest BCUT2D eigenvalue weighted by atomic mass is 16.5. The molecule has 1 aromatic carbocycles. The Balaban J connectivity index is 1.56. The third kappa shape index (κ3) is 3.28. The highest BCUT2D eigenvalue weighted by molar-refractivity contribution is 5.73. The van der Waals surface area contributed by atoms with Crippen LogP contribution in [-0.2, 0) is 11.3 Å². The van der Waals surface area contributed by atoms with E-state index in [2.05, 4.69) is 15.3 Å². The van der Waals surface area contributed by atoms with Gasteiger partial charge in [0.05, 0.1) is 22.9 Å². The van der Waals surface area contributed by atoms with Crippen LogP contribution in [0.25, 0.3) is 11.0 Å². The van der Waals surface area contributed by atoms with Crippen LogP contribution >= 0.6 is 0 Å². The summed E-state index contributed by atoms with van der Waals surface area (Å²) in [6.07, 6.45) is 4.19. The van der Waals surface area contributed by atoms with E-state index in [-0.39, 0.29) is 0 Å². The van der Waals surface area contributed by atoms with Crippen LogP contribution in [0.2, 0.25) is 0 Å². The highest BCUT2D eigenvalue weighted by Gasteiger charge is 2.12. The molecule has 1 saturated heterocycles. The summed E-state index contributed by atoms with van der Waals surface area (Å²) in [5.74, 6) is 0.738. The van der Waals surface area contributed by atoms with Gasteiger partial charge in [-0.2, -0.15) is 0 Å². The third-order valence-electron chi connectivity index (χ3n) is 3.58. The van der Waals surface area contributed by atoms with Crippen molar-refractivity contribution in [2.45, 2.75) is 19.4 Å². The Kier molecular flexibility index (Phi) is 4.01. The van der Waals surface area contributed by atoms with Crippen LogP contribution in [-0.4, -0.2) is 29.7 Å². The summed E-state index contributed by atoms with van der Waals surface area (Å²) >= 11 is 0. The van der Waals surface area contributed by atoms with Crippen LogP contribution in [0.4, 0.5) is 0 Å².